The maximum Gasteiger partial charge on any atom is 0.313 e. The minimum absolute atomic E-state index is 0.0202. The average Bonchev–Trinajstić information content (AvgIpc) is 3.24. The minimum Gasteiger partial charge on any atom is -0.441 e. The molecule has 0 saturated carbocycles. The summed E-state index contributed by atoms with van der Waals surface area (Å²) >= 11 is 4.68. The largest absolute Gasteiger partial charge is 0.441 e. The van der Waals surface area contributed by atoms with E-state index in [1.54, 1.807) is 23.1 Å². The van der Waals surface area contributed by atoms with E-state index in [1.807, 2.05) is 18.4 Å². The summed E-state index contributed by atoms with van der Waals surface area (Å²) < 4.78 is 8.11. The first-order chi connectivity index (χ1) is 10.7. The van der Waals surface area contributed by atoms with E-state index in [2.05, 4.69) is 20.3 Å². The molecular weight excluding hydrogens is 340 g/mol. The van der Waals surface area contributed by atoms with Crippen LogP contribution < -0.4 is 5.32 Å². The Labute approximate surface area is 136 Å². The van der Waals surface area contributed by atoms with E-state index in [0.29, 0.717) is 5.13 Å². The molecule has 0 atom stereocenters. The quantitative estimate of drug-likeness (QED) is 0.566. The van der Waals surface area contributed by atoms with Gasteiger partial charge in [-0.05, 0) is 18.4 Å². The van der Waals surface area contributed by atoms with Crippen LogP contribution in [0, 0.1) is 0 Å². The van der Waals surface area contributed by atoms with Gasteiger partial charge in [0, 0.05) is 0 Å². The van der Waals surface area contributed by atoms with Crippen LogP contribution in [0.4, 0.5) is 5.13 Å². The molecule has 6 nitrogen and oxygen atoms in total. The Kier molecular flexibility index (Phi) is 3.32. The lowest BCUT2D eigenvalue weighted by Gasteiger charge is -1.95. The zero-order valence-electron chi connectivity index (χ0n) is 11.2. The van der Waals surface area contributed by atoms with Gasteiger partial charge >= 0.3 is 5.91 Å². The van der Waals surface area contributed by atoms with E-state index < -0.39 is 5.91 Å². The number of rotatable bonds is 3. The molecule has 0 aliphatic carbocycles. The Morgan fingerprint density at radius 3 is 2.73 bits per heavy atom. The van der Waals surface area contributed by atoms with Crippen molar-refractivity contribution in [2.75, 3.05) is 11.6 Å². The summed E-state index contributed by atoms with van der Waals surface area (Å²) in [5.41, 5.74) is 1.80. The molecule has 0 saturated heterocycles. The smallest absolute Gasteiger partial charge is 0.313 e. The van der Waals surface area contributed by atoms with Crippen LogP contribution in [0.3, 0.4) is 0 Å². The number of hydrogen-bond acceptors (Lipinski definition) is 8. The van der Waals surface area contributed by atoms with Crippen LogP contribution in [0.5, 0.6) is 0 Å². The van der Waals surface area contributed by atoms with Crippen LogP contribution in [-0.2, 0) is 0 Å². The molecule has 0 aliphatic heterocycles. The summed E-state index contributed by atoms with van der Waals surface area (Å²) in [5, 5.41) is 3.23. The van der Waals surface area contributed by atoms with E-state index in [-0.39, 0.29) is 5.89 Å². The van der Waals surface area contributed by atoms with Gasteiger partial charge in [0.1, 0.15) is 6.26 Å². The molecule has 22 heavy (non-hydrogen) atoms. The molecule has 4 aromatic rings. The normalized spacial score (nSPS) is 11.3. The molecule has 0 unspecified atom stereocenters. The third kappa shape index (κ3) is 2.27. The standard InChI is InChI=1S/C13H8N4O2S3/c1-20-13-16-7-3-2-6-8(9(7)22-13)21-12(15-6)17-10(18)11-14-4-5-19-11/h2-5H,1H3,(H,15,17,18). The number of carbonyl (C=O) groups is 1. The molecule has 0 spiro atoms. The van der Waals surface area contributed by atoms with Gasteiger partial charge in [-0.1, -0.05) is 23.1 Å². The third-order valence-electron chi connectivity index (χ3n) is 2.91. The van der Waals surface area contributed by atoms with Crippen molar-refractivity contribution in [2.45, 2.75) is 4.34 Å². The van der Waals surface area contributed by atoms with Gasteiger partial charge in [0.2, 0.25) is 0 Å². The second-order valence-corrected chi connectivity index (χ2v) is 7.31. The first-order valence-corrected chi connectivity index (χ1v) is 9.05. The van der Waals surface area contributed by atoms with Crippen molar-refractivity contribution in [3.05, 3.63) is 30.5 Å². The third-order valence-corrected chi connectivity index (χ3v) is 6.12. The maximum absolute atomic E-state index is 12.0. The Balaban J connectivity index is 1.75. The molecular formula is C13H8N4O2S3. The number of aromatic nitrogens is 3. The zero-order valence-corrected chi connectivity index (χ0v) is 13.6. The number of benzene rings is 1. The molecule has 3 heterocycles. The van der Waals surface area contributed by atoms with Crippen LogP contribution in [0.2, 0.25) is 0 Å². The summed E-state index contributed by atoms with van der Waals surface area (Å²) in [6.07, 6.45) is 4.79. The number of thiazole rings is 2. The van der Waals surface area contributed by atoms with Crippen LogP contribution in [0.15, 0.2) is 33.3 Å². The van der Waals surface area contributed by atoms with Crippen molar-refractivity contribution in [1.82, 2.24) is 15.0 Å². The monoisotopic (exact) mass is 348 g/mol. The summed E-state index contributed by atoms with van der Waals surface area (Å²) in [6.45, 7) is 0. The van der Waals surface area contributed by atoms with Crippen molar-refractivity contribution < 1.29 is 9.21 Å². The Bertz CT molecular complexity index is 974. The molecule has 0 fully saturated rings. The molecule has 4 rings (SSSR count). The SMILES string of the molecule is CSc1nc2ccc3nc(NC(=O)c4ncco4)sc3c2s1. The van der Waals surface area contributed by atoms with Gasteiger partial charge in [-0.15, -0.1) is 11.3 Å². The summed E-state index contributed by atoms with van der Waals surface area (Å²) in [4.78, 5) is 24.7. The fourth-order valence-electron chi connectivity index (χ4n) is 1.98. The van der Waals surface area contributed by atoms with Gasteiger partial charge in [-0.3, -0.25) is 10.1 Å². The van der Waals surface area contributed by atoms with Gasteiger partial charge < -0.3 is 4.42 Å². The fourth-order valence-corrected chi connectivity index (χ4v) is 4.63. The number of thioether (sulfide) groups is 1. The van der Waals surface area contributed by atoms with Crippen LogP contribution >= 0.6 is 34.4 Å². The highest BCUT2D eigenvalue weighted by atomic mass is 32.2. The predicted octanol–water partition coefficient (Wildman–Crippen LogP) is 3.87. The second-order valence-electron chi connectivity index (χ2n) is 4.26. The van der Waals surface area contributed by atoms with Gasteiger partial charge in [0.25, 0.3) is 5.89 Å². The molecule has 1 N–H and O–H groups in total. The molecule has 1 amide bonds. The fraction of sp³-hybridized carbons (Fsp3) is 0.0769. The van der Waals surface area contributed by atoms with Gasteiger partial charge in [-0.25, -0.2) is 15.0 Å². The maximum atomic E-state index is 12.0. The molecule has 110 valence electrons. The lowest BCUT2D eigenvalue weighted by Crippen LogP contribution is -2.11. The lowest BCUT2D eigenvalue weighted by atomic mass is 10.3. The zero-order chi connectivity index (χ0) is 15.1. The van der Waals surface area contributed by atoms with Crippen LogP contribution in [0.25, 0.3) is 20.4 Å². The topological polar surface area (TPSA) is 80.9 Å². The van der Waals surface area contributed by atoms with E-state index >= 15 is 0 Å². The van der Waals surface area contributed by atoms with Crippen molar-refractivity contribution in [3.8, 4) is 0 Å². The first kappa shape index (κ1) is 13.7. The minimum atomic E-state index is -0.408. The number of nitrogens with one attached hydrogen (secondary N) is 1. The average molecular weight is 348 g/mol. The van der Waals surface area contributed by atoms with E-state index in [4.69, 9.17) is 4.42 Å². The predicted molar refractivity (Wildman–Crippen MR) is 89.0 cm³/mol. The van der Waals surface area contributed by atoms with Crippen molar-refractivity contribution in [2.24, 2.45) is 0 Å². The van der Waals surface area contributed by atoms with Gasteiger partial charge in [0.15, 0.2) is 9.47 Å². The second kappa shape index (κ2) is 5.34. The Hall–Kier alpha value is -1.97. The number of fused-ring (bicyclic) bond motifs is 3. The van der Waals surface area contributed by atoms with E-state index in [9.17, 15) is 4.79 Å². The van der Waals surface area contributed by atoms with Crippen LogP contribution in [-0.4, -0.2) is 27.1 Å². The van der Waals surface area contributed by atoms with E-state index in [1.165, 1.54) is 23.8 Å². The number of amides is 1. The molecule has 0 aliphatic rings. The molecule has 1 aromatic carbocycles. The van der Waals surface area contributed by atoms with Crippen molar-refractivity contribution in [1.29, 1.82) is 0 Å². The van der Waals surface area contributed by atoms with Crippen molar-refractivity contribution in [3.63, 3.8) is 0 Å². The number of anilines is 1. The highest BCUT2D eigenvalue weighted by Gasteiger charge is 2.15. The number of carbonyl (C=O) groups excluding carboxylic acids is 1. The van der Waals surface area contributed by atoms with Gasteiger partial charge in [-0.2, -0.15) is 0 Å². The highest BCUT2D eigenvalue weighted by molar-refractivity contribution is 8.00. The first-order valence-electron chi connectivity index (χ1n) is 6.19. The Morgan fingerprint density at radius 1 is 1.23 bits per heavy atom. The highest BCUT2D eigenvalue weighted by Crippen LogP contribution is 2.38. The van der Waals surface area contributed by atoms with Crippen molar-refractivity contribution >= 4 is 65.9 Å². The number of oxazole rings is 1. The Morgan fingerprint density at radius 2 is 2.00 bits per heavy atom. The number of nitrogens with zero attached hydrogens (tertiary/aromatic N) is 3. The summed E-state index contributed by atoms with van der Waals surface area (Å²) in [7, 11) is 0. The molecule has 9 heteroatoms. The molecule has 3 aromatic heterocycles. The summed E-state index contributed by atoms with van der Waals surface area (Å²) in [5.74, 6) is -0.388. The van der Waals surface area contributed by atoms with Gasteiger partial charge in [0.05, 0.1) is 26.6 Å². The van der Waals surface area contributed by atoms with Crippen LogP contribution in [0.1, 0.15) is 10.7 Å². The molecule has 0 radical (unpaired) electrons. The molecule has 0 bridgehead atoms. The lowest BCUT2D eigenvalue weighted by molar-refractivity contribution is 0.0990. The number of hydrogen-bond donors (Lipinski definition) is 1. The van der Waals surface area contributed by atoms with E-state index in [0.717, 1.165) is 24.8 Å². The summed E-state index contributed by atoms with van der Waals surface area (Å²) in [6, 6.07) is 3.87.